The summed E-state index contributed by atoms with van der Waals surface area (Å²) in [6.45, 7) is 6.00. The number of aryl methyl sites for hydroxylation is 1. The molecule has 0 aliphatic carbocycles. The Morgan fingerprint density at radius 3 is 2.72 bits per heavy atom. The molecule has 0 bridgehead atoms. The normalized spacial score (nSPS) is 16.5. The first kappa shape index (κ1) is 20.3. The number of guanidine groups is 1. The van der Waals surface area contributed by atoms with Gasteiger partial charge in [-0.25, -0.2) is 0 Å². The SMILES string of the molecule is CN=C(NCc1sccc1C)NCC(c1ccco1)N1CCCC1.I. The molecule has 3 heterocycles. The van der Waals surface area contributed by atoms with Crippen LogP contribution in [0.4, 0.5) is 0 Å². The van der Waals surface area contributed by atoms with Crippen molar-refractivity contribution in [2.75, 3.05) is 26.7 Å². The Hall–Kier alpha value is -1.06. The lowest BCUT2D eigenvalue weighted by Crippen LogP contribution is -2.42. The van der Waals surface area contributed by atoms with Crippen LogP contribution in [0.5, 0.6) is 0 Å². The van der Waals surface area contributed by atoms with Crippen molar-refractivity contribution in [3.05, 3.63) is 46.0 Å². The van der Waals surface area contributed by atoms with Gasteiger partial charge in [0.15, 0.2) is 5.96 Å². The molecule has 5 nitrogen and oxygen atoms in total. The fourth-order valence-corrected chi connectivity index (χ4v) is 3.95. The molecule has 0 amide bonds. The smallest absolute Gasteiger partial charge is 0.191 e. The number of hydrogen-bond donors (Lipinski definition) is 2. The van der Waals surface area contributed by atoms with Gasteiger partial charge >= 0.3 is 0 Å². The maximum Gasteiger partial charge on any atom is 0.191 e. The van der Waals surface area contributed by atoms with E-state index < -0.39 is 0 Å². The molecule has 25 heavy (non-hydrogen) atoms. The van der Waals surface area contributed by atoms with Crippen LogP contribution < -0.4 is 10.6 Å². The number of furan rings is 1. The monoisotopic (exact) mass is 474 g/mol. The van der Waals surface area contributed by atoms with E-state index in [9.17, 15) is 0 Å². The second kappa shape index (κ2) is 10.2. The van der Waals surface area contributed by atoms with Crippen LogP contribution in [0.2, 0.25) is 0 Å². The maximum absolute atomic E-state index is 5.67. The van der Waals surface area contributed by atoms with Gasteiger partial charge in [-0.2, -0.15) is 0 Å². The molecule has 0 spiro atoms. The summed E-state index contributed by atoms with van der Waals surface area (Å²) in [6, 6.07) is 6.43. The van der Waals surface area contributed by atoms with Gasteiger partial charge in [-0.05, 0) is 62.0 Å². The quantitative estimate of drug-likeness (QED) is 0.380. The molecular weight excluding hydrogens is 447 g/mol. The van der Waals surface area contributed by atoms with Gasteiger partial charge in [0.1, 0.15) is 5.76 Å². The Balaban J connectivity index is 0.00000225. The highest BCUT2D eigenvalue weighted by atomic mass is 127. The summed E-state index contributed by atoms with van der Waals surface area (Å²) in [5, 5.41) is 8.99. The molecular formula is C18H27IN4OS. The van der Waals surface area contributed by atoms with Gasteiger partial charge in [-0.3, -0.25) is 9.89 Å². The summed E-state index contributed by atoms with van der Waals surface area (Å²) in [6.07, 6.45) is 4.29. The van der Waals surface area contributed by atoms with Gasteiger partial charge in [0.25, 0.3) is 0 Å². The van der Waals surface area contributed by atoms with Crippen molar-refractivity contribution < 1.29 is 4.42 Å². The van der Waals surface area contributed by atoms with Crippen molar-refractivity contribution >= 4 is 41.3 Å². The number of thiophene rings is 1. The second-order valence-electron chi connectivity index (χ2n) is 6.11. The summed E-state index contributed by atoms with van der Waals surface area (Å²) in [7, 11) is 1.81. The molecule has 0 radical (unpaired) electrons. The number of nitrogens with zero attached hydrogens (tertiary/aromatic N) is 2. The summed E-state index contributed by atoms with van der Waals surface area (Å²) >= 11 is 1.78. The first-order chi connectivity index (χ1) is 11.8. The third-order valence-electron chi connectivity index (χ3n) is 4.52. The van der Waals surface area contributed by atoms with Crippen LogP contribution in [-0.2, 0) is 6.54 Å². The minimum Gasteiger partial charge on any atom is -0.468 e. The highest BCUT2D eigenvalue weighted by Crippen LogP contribution is 2.24. The van der Waals surface area contributed by atoms with Crippen LogP contribution in [-0.4, -0.2) is 37.5 Å². The molecule has 2 N–H and O–H groups in total. The number of halogens is 1. The number of hydrogen-bond acceptors (Lipinski definition) is 4. The minimum absolute atomic E-state index is 0. The average molecular weight is 474 g/mol. The summed E-state index contributed by atoms with van der Waals surface area (Å²) in [5.74, 6) is 1.85. The van der Waals surface area contributed by atoms with Crippen LogP contribution in [0.15, 0.2) is 39.3 Å². The molecule has 1 atom stereocenters. The Labute approximate surface area is 170 Å². The lowest BCUT2D eigenvalue weighted by molar-refractivity contribution is 0.215. The molecule has 0 saturated carbocycles. The minimum atomic E-state index is 0. The third kappa shape index (κ3) is 5.46. The molecule has 1 fully saturated rings. The van der Waals surface area contributed by atoms with E-state index >= 15 is 0 Å². The van der Waals surface area contributed by atoms with Crippen LogP contribution >= 0.6 is 35.3 Å². The molecule has 7 heteroatoms. The Morgan fingerprint density at radius 2 is 2.12 bits per heavy atom. The number of likely N-dealkylation sites (tertiary alicyclic amines) is 1. The van der Waals surface area contributed by atoms with Gasteiger partial charge in [-0.15, -0.1) is 35.3 Å². The van der Waals surface area contributed by atoms with Crippen LogP contribution in [0.25, 0.3) is 0 Å². The number of rotatable bonds is 6. The Kier molecular flexibility index (Phi) is 8.25. The molecule has 1 unspecified atom stereocenters. The van der Waals surface area contributed by atoms with Gasteiger partial charge < -0.3 is 15.1 Å². The van der Waals surface area contributed by atoms with Crippen molar-refractivity contribution in [1.29, 1.82) is 0 Å². The van der Waals surface area contributed by atoms with Crippen molar-refractivity contribution in [2.24, 2.45) is 4.99 Å². The van der Waals surface area contributed by atoms with E-state index in [-0.39, 0.29) is 30.0 Å². The first-order valence-electron chi connectivity index (χ1n) is 8.53. The van der Waals surface area contributed by atoms with E-state index in [1.807, 2.05) is 13.1 Å². The summed E-state index contributed by atoms with van der Waals surface area (Å²) in [4.78, 5) is 8.18. The van der Waals surface area contributed by atoms with Crippen LogP contribution in [0.1, 0.15) is 35.1 Å². The number of aliphatic imine (C=N–C) groups is 1. The van der Waals surface area contributed by atoms with E-state index in [1.165, 1.54) is 23.3 Å². The Bertz CT molecular complexity index is 650. The largest absolute Gasteiger partial charge is 0.468 e. The zero-order valence-electron chi connectivity index (χ0n) is 14.8. The second-order valence-corrected chi connectivity index (χ2v) is 7.11. The van der Waals surface area contributed by atoms with Crippen molar-refractivity contribution in [3.63, 3.8) is 0 Å². The highest BCUT2D eigenvalue weighted by molar-refractivity contribution is 14.0. The molecule has 1 aliphatic heterocycles. The van der Waals surface area contributed by atoms with Gasteiger partial charge in [0.2, 0.25) is 0 Å². The maximum atomic E-state index is 5.67. The molecule has 138 valence electrons. The van der Waals surface area contributed by atoms with Crippen molar-refractivity contribution in [1.82, 2.24) is 15.5 Å². The fraction of sp³-hybridized carbons (Fsp3) is 0.500. The van der Waals surface area contributed by atoms with Crippen molar-refractivity contribution in [2.45, 2.75) is 32.4 Å². The lowest BCUT2D eigenvalue weighted by atomic mass is 10.2. The Morgan fingerprint density at radius 1 is 1.32 bits per heavy atom. The predicted molar refractivity (Wildman–Crippen MR) is 115 cm³/mol. The average Bonchev–Trinajstić information content (AvgIpc) is 3.34. The van der Waals surface area contributed by atoms with Crippen molar-refractivity contribution in [3.8, 4) is 0 Å². The van der Waals surface area contributed by atoms with Crippen LogP contribution in [0.3, 0.4) is 0 Å². The van der Waals surface area contributed by atoms with Gasteiger partial charge in [-0.1, -0.05) is 0 Å². The summed E-state index contributed by atoms with van der Waals surface area (Å²) < 4.78 is 5.67. The van der Waals surface area contributed by atoms with E-state index in [0.717, 1.165) is 37.9 Å². The first-order valence-corrected chi connectivity index (χ1v) is 9.41. The van der Waals surface area contributed by atoms with E-state index in [2.05, 4.69) is 45.0 Å². The molecule has 1 aliphatic rings. The van der Waals surface area contributed by atoms with Crippen LogP contribution in [0, 0.1) is 6.92 Å². The van der Waals surface area contributed by atoms with Gasteiger partial charge in [0.05, 0.1) is 18.8 Å². The number of nitrogens with one attached hydrogen (secondary N) is 2. The zero-order valence-corrected chi connectivity index (χ0v) is 18.0. The van der Waals surface area contributed by atoms with Gasteiger partial charge in [0, 0.05) is 18.5 Å². The molecule has 0 aromatic carbocycles. The fourth-order valence-electron chi connectivity index (χ4n) is 3.11. The van der Waals surface area contributed by atoms with E-state index in [0.29, 0.717) is 0 Å². The topological polar surface area (TPSA) is 52.8 Å². The highest BCUT2D eigenvalue weighted by Gasteiger charge is 2.25. The molecule has 2 aromatic rings. The summed E-state index contributed by atoms with van der Waals surface area (Å²) in [5.41, 5.74) is 1.33. The van der Waals surface area contributed by atoms with E-state index in [4.69, 9.17) is 4.42 Å². The molecule has 1 saturated heterocycles. The predicted octanol–water partition coefficient (Wildman–Crippen LogP) is 3.77. The zero-order chi connectivity index (χ0) is 16.8. The molecule has 2 aromatic heterocycles. The standard InChI is InChI=1S/C18H26N4OS.HI/c1-14-7-11-24-17(14)13-21-18(19-2)20-12-15(16-6-5-10-23-16)22-8-3-4-9-22;/h5-7,10-11,15H,3-4,8-9,12-13H2,1-2H3,(H2,19,20,21);1H. The molecule has 3 rings (SSSR count). The van der Waals surface area contributed by atoms with E-state index in [1.54, 1.807) is 17.6 Å². The third-order valence-corrected chi connectivity index (χ3v) is 5.55. The lowest BCUT2D eigenvalue weighted by Gasteiger charge is -2.26.